The molecule has 158 valence electrons. The lowest BCUT2D eigenvalue weighted by molar-refractivity contribution is -0.126. The Morgan fingerprint density at radius 1 is 1.52 bits per heavy atom. The minimum Gasteiger partial charge on any atom is -0.493 e. The molecule has 1 aromatic heterocycles. The molecule has 1 aliphatic carbocycles. The number of nitrogens with two attached hydrogens (primary N) is 1. The number of unbranched alkanes of at least 4 members (excludes halogenated alkanes) is 1. The van der Waals surface area contributed by atoms with Crippen LogP contribution in [0, 0.1) is 5.92 Å². The molecule has 29 heavy (non-hydrogen) atoms. The second-order valence-electron chi connectivity index (χ2n) is 7.85. The molecule has 2 atom stereocenters. The van der Waals surface area contributed by atoms with Crippen molar-refractivity contribution < 1.29 is 13.9 Å². The zero-order valence-corrected chi connectivity index (χ0v) is 17.8. The molecule has 1 fully saturated rings. The third kappa shape index (κ3) is 5.73. The number of amides is 1. The molecule has 2 heterocycles. The predicted molar refractivity (Wildman–Crippen MR) is 115 cm³/mol. The van der Waals surface area contributed by atoms with Crippen LogP contribution in [0.2, 0.25) is 0 Å². The molecule has 3 N–H and O–H groups in total. The summed E-state index contributed by atoms with van der Waals surface area (Å²) in [7, 11) is 0. The van der Waals surface area contributed by atoms with Crippen molar-refractivity contribution >= 4 is 22.7 Å². The van der Waals surface area contributed by atoms with Gasteiger partial charge in [0, 0.05) is 11.8 Å². The SMILES string of the molecule is C=C(C)C1=N[C@](N)(C(=O)N[C@H](CCCC)c2cc(OCC3CC3)cc(=O)o2)CS1. The summed E-state index contributed by atoms with van der Waals surface area (Å²) in [6.45, 7) is 8.35. The number of ether oxygens (including phenoxy) is 1. The van der Waals surface area contributed by atoms with E-state index in [-0.39, 0.29) is 0 Å². The standard InChI is InChI=1S/C21H29N3O4S/c1-4-5-6-16(23-20(26)21(22)12-29-19(24-21)13(2)3)17-9-15(10-18(25)28-17)27-11-14-7-8-14/h9-10,14,16H,2,4-8,11-12,22H2,1,3H3,(H,23,26)/t16-,21+/m1/s1. The van der Waals surface area contributed by atoms with Crippen molar-refractivity contribution in [2.24, 2.45) is 16.6 Å². The van der Waals surface area contributed by atoms with E-state index in [9.17, 15) is 9.59 Å². The lowest BCUT2D eigenvalue weighted by Gasteiger charge is -2.24. The number of nitrogens with one attached hydrogen (secondary N) is 1. The second kappa shape index (κ2) is 9.17. The summed E-state index contributed by atoms with van der Waals surface area (Å²) in [5, 5.41) is 3.63. The van der Waals surface area contributed by atoms with E-state index in [2.05, 4.69) is 23.8 Å². The highest BCUT2D eigenvalue weighted by Crippen LogP contribution is 2.31. The molecule has 3 rings (SSSR count). The van der Waals surface area contributed by atoms with Crippen LogP contribution in [0.5, 0.6) is 5.75 Å². The van der Waals surface area contributed by atoms with Crippen LogP contribution in [0.3, 0.4) is 0 Å². The monoisotopic (exact) mass is 419 g/mol. The maximum Gasteiger partial charge on any atom is 0.339 e. The van der Waals surface area contributed by atoms with Gasteiger partial charge in [0.25, 0.3) is 5.91 Å². The van der Waals surface area contributed by atoms with Gasteiger partial charge in [-0.15, -0.1) is 11.8 Å². The van der Waals surface area contributed by atoms with Crippen LogP contribution in [-0.2, 0) is 4.79 Å². The average Bonchev–Trinajstić information content (AvgIpc) is 3.42. The fourth-order valence-electron chi connectivity index (χ4n) is 2.96. The van der Waals surface area contributed by atoms with E-state index in [4.69, 9.17) is 14.9 Å². The van der Waals surface area contributed by atoms with Crippen molar-refractivity contribution in [1.82, 2.24) is 5.32 Å². The zero-order chi connectivity index (χ0) is 21.0. The fraction of sp³-hybridized carbons (Fsp3) is 0.571. The lowest BCUT2D eigenvalue weighted by atomic mass is 10.1. The average molecular weight is 420 g/mol. The summed E-state index contributed by atoms with van der Waals surface area (Å²) in [4.78, 5) is 29.4. The molecule has 2 aliphatic rings. The first-order valence-electron chi connectivity index (χ1n) is 10.1. The van der Waals surface area contributed by atoms with Gasteiger partial charge in [0.15, 0.2) is 5.66 Å². The fourth-order valence-corrected chi connectivity index (χ4v) is 3.99. The van der Waals surface area contributed by atoms with Crippen LogP contribution in [0.15, 0.2) is 38.5 Å². The van der Waals surface area contributed by atoms with Crippen molar-refractivity contribution in [3.8, 4) is 5.75 Å². The molecule has 1 amide bonds. The minimum absolute atomic E-state index is 0.343. The lowest BCUT2D eigenvalue weighted by Crippen LogP contribution is -2.54. The smallest absolute Gasteiger partial charge is 0.339 e. The highest BCUT2D eigenvalue weighted by Gasteiger charge is 2.40. The molecule has 0 radical (unpaired) electrons. The van der Waals surface area contributed by atoms with Crippen molar-refractivity contribution in [2.45, 2.75) is 57.7 Å². The van der Waals surface area contributed by atoms with E-state index < -0.39 is 23.2 Å². The maximum atomic E-state index is 12.9. The summed E-state index contributed by atoms with van der Waals surface area (Å²) in [5.41, 5.74) is 5.18. The molecule has 0 spiro atoms. The van der Waals surface area contributed by atoms with Crippen LogP contribution in [0.25, 0.3) is 0 Å². The third-order valence-electron chi connectivity index (χ3n) is 4.93. The largest absolute Gasteiger partial charge is 0.493 e. The molecule has 0 unspecified atom stereocenters. The molecular formula is C21H29N3O4S. The van der Waals surface area contributed by atoms with Crippen molar-refractivity contribution in [3.05, 3.63) is 40.5 Å². The third-order valence-corrected chi connectivity index (χ3v) is 6.23. The number of aliphatic imine (C=N–C) groups is 1. The molecule has 1 aliphatic heterocycles. The number of hydrogen-bond acceptors (Lipinski definition) is 7. The summed E-state index contributed by atoms with van der Waals surface area (Å²) in [6, 6.07) is 2.56. The van der Waals surface area contributed by atoms with Crippen molar-refractivity contribution in [1.29, 1.82) is 0 Å². The van der Waals surface area contributed by atoms with Crippen LogP contribution in [-0.4, -0.2) is 29.0 Å². The van der Waals surface area contributed by atoms with Gasteiger partial charge in [0.2, 0.25) is 0 Å². The van der Waals surface area contributed by atoms with E-state index in [0.717, 1.165) is 31.3 Å². The molecule has 7 nitrogen and oxygen atoms in total. The topological polar surface area (TPSA) is 107 Å². The molecule has 1 saturated carbocycles. The van der Waals surface area contributed by atoms with Gasteiger partial charge in [-0.3, -0.25) is 10.5 Å². The normalized spacial score (nSPS) is 22.1. The van der Waals surface area contributed by atoms with E-state index >= 15 is 0 Å². The molecule has 0 saturated heterocycles. The van der Waals surface area contributed by atoms with E-state index in [1.165, 1.54) is 17.8 Å². The summed E-state index contributed by atoms with van der Waals surface area (Å²) in [5.74, 6) is 1.37. The van der Waals surface area contributed by atoms with Crippen molar-refractivity contribution in [3.63, 3.8) is 0 Å². The number of nitrogens with zero attached hydrogens (tertiary/aromatic N) is 1. The first kappa shape index (κ1) is 21.6. The Bertz CT molecular complexity index is 862. The zero-order valence-electron chi connectivity index (χ0n) is 17.0. The van der Waals surface area contributed by atoms with Gasteiger partial charge in [-0.05, 0) is 37.7 Å². The van der Waals surface area contributed by atoms with Gasteiger partial charge >= 0.3 is 5.63 Å². The maximum absolute atomic E-state index is 12.9. The number of rotatable bonds is 10. The Morgan fingerprint density at radius 2 is 2.28 bits per heavy atom. The summed E-state index contributed by atoms with van der Waals surface area (Å²) in [6.07, 6.45) is 4.74. The molecule has 1 aromatic rings. The van der Waals surface area contributed by atoms with Gasteiger partial charge in [-0.1, -0.05) is 26.3 Å². The number of thioether (sulfide) groups is 1. The predicted octanol–water partition coefficient (Wildman–Crippen LogP) is 3.15. The van der Waals surface area contributed by atoms with E-state index in [1.807, 2.05) is 6.92 Å². The Balaban J connectivity index is 1.78. The van der Waals surface area contributed by atoms with Gasteiger partial charge in [-0.25, -0.2) is 9.79 Å². The second-order valence-corrected chi connectivity index (χ2v) is 8.81. The molecule has 0 aromatic carbocycles. The van der Waals surface area contributed by atoms with Gasteiger partial charge in [0.1, 0.15) is 11.5 Å². The Morgan fingerprint density at radius 3 is 2.90 bits per heavy atom. The Kier molecular flexibility index (Phi) is 6.85. The highest BCUT2D eigenvalue weighted by molar-refractivity contribution is 8.14. The first-order valence-corrected chi connectivity index (χ1v) is 11.1. The summed E-state index contributed by atoms with van der Waals surface area (Å²) < 4.78 is 11.1. The first-order chi connectivity index (χ1) is 13.8. The number of hydrogen-bond donors (Lipinski definition) is 2. The Labute approximate surface area is 175 Å². The van der Waals surface area contributed by atoms with Crippen LogP contribution in [0.4, 0.5) is 0 Å². The van der Waals surface area contributed by atoms with Crippen molar-refractivity contribution in [2.75, 3.05) is 12.4 Å². The van der Waals surface area contributed by atoms with Crippen LogP contribution < -0.4 is 21.4 Å². The highest BCUT2D eigenvalue weighted by atomic mass is 32.2. The van der Waals surface area contributed by atoms with Gasteiger partial charge in [-0.2, -0.15) is 0 Å². The minimum atomic E-state index is -1.36. The van der Waals surface area contributed by atoms with Crippen LogP contribution in [0.1, 0.15) is 57.8 Å². The van der Waals surface area contributed by atoms with Crippen LogP contribution >= 0.6 is 11.8 Å². The van der Waals surface area contributed by atoms with E-state index in [0.29, 0.717) is 41.3 Å². The molecule has 0 bridgehead atoms. The van der Waals surface area contributed by atoms with E-state index in [1.54, 1.807) is 6.07 Å². The quantitative estimate of drug-likeness (QED) is 0.603. The Hall–Kier alpha value is -2.06. The van der Waals surface area contributed by atoms with Gasteiger partial charge in [0.05, 0.1) is 23.8 Å². The number of carbonyl (C=O) groups is 1. The summed E-state index contributed by atoms with van der Waals surface area (Å²) >= 11 is 1.42. The molecular weight excluding hydrogens is 390 g/mol. The van der Waals surface area contributed by atoms with Gasteiger partial charge < -0.3 is 14.5 Å². The molecule has 8 heteroatoms. The number of carbonyl (C=O) groups excluding carboxylic acids is 1.